The topological polar surface area (TPSA) is 76.7 Å². The van der Waals surface area contributed by atoms with E-state index >= 15 is 0 Å². The third kappa shape index (κ3) is 5.27. The summed E-state index contributed by atoms with van der Waals surface area (Å²) >= 11 is 0. The molecule has 2 aromatic carbocycles. The third-order valence-corrected chi connectivity index (χ3v) is 4.16. The molecule has 0 aromatic heterocycles. The Bertz CT molecular complexity index is 806. The molecule has 1 atom stereocenters. The zero-order valence-corrected chi connectivity index (χ0v) is 14.7. The van der Waals surface area contributed by atoms with Crippen LogP contribution in [-0.2, 0) is 9.53 Å². The predicted octanol–water partition coefficient (Wildman–Crippen LogP) is 2.75. The van der Waals surface area contributed by atoms with E-state index in [1.807, 2.05) is 0 Å². The number of hydrogen-bond acceptors (Lipinski definition) is 4. The number of ether oxygens (including phenoxy) is 2. The van der Waals surface area contributed by atoms with Gasteiger partial charge in [-0.15, -0.1) is 0 Å². The van der Waals surface area contributed by atoms with E-state index in [2.05, 4.69) is 10.6 Å². The minimum atomic E-state index is -0.542. The van der Waals surface area contributed by atoms with Gasteiger partial charge in [0.1, 0.15) is 0 Å². The van der Waals surface area contributed by atoms with Crippen molar-refractivity contribution in [2.45, 2.75) is 18.9 Å². The number of halogens is 1. The van der Waals surface area contributed by atoms with Crippen LogP contribution in [0.5, 0.6) is 5.75 Å². The Morgan fingerprint density at radius 2 is 1.93 bits per heavy atom. The Hall–Kier alpha value is -2.93. The molecular formula is C20H21FN2O4. The van der Waals surface area contributed by atoms with Crippen LogP contribution in [-0.4, -0.2) is 37.7 Å². The lowest BCUT2D eigenvalue weighted by Crippen LogP contribution is -2.32. The number of para-hydroxylation sites is 2. The fourth-order valence-electron chi connectivity index (χ4n) is 2.79. The average molecular weight is 372 g/mol. The van der Waals surface area contributed by atoms with E-state index in [-0.39, 0.29) is 24.4 Å². The molecule has 142 valence electrons. The fourth-order valence-corrected chi connectivity index (χ4v) is 2.79. The molecule has 0 saturated carbocycles. The molecule has 0 bridgehead atoms. The van der Waals surface area contributed by atoms with E-state index in [4.69, 9.17) is 9.47 Å². The standard InChI is InChI=1S/C20H21FN2O4/c21-16-8-2-4-10-18(16)27-13-19(24)23-17-9-3-1-7-15(17)20(25)22-12-14-6-5-11-26-14/h1-4,7-10,14H,5-6,11-13H2,(H,22,25)(H,23,24)/t14-/m0/s1. The molecule has 0 spiro atoms. The molecule has 2 amide bonds. The Morgan fingerprint density at radius 3 is 2.70 bits per heavy atom. The maximum atomic E-state index is 13.5. The molecular weight excluding hydrogens is 351 g/mol. The lowest BCUT2D eigenvalue weighted by molar-refractivity contribution is -0.118. The highest BCUT2D eigenvalue weighted by Crippen LogP contribution is 2.17. The second-order valence-electron chi connectivity index (χ2n) is 6.16. The zero-order valence-electron chi connectivity index (χ0n) is 14.7. The van der Waals surface area contributed by atoms with Crippen LogP contribution in [0.3, 0.4) is 0 Å². The normalized spacial score (nSPS) is 16.0. The van der Waals surface area contributed by atoms with E-state index < -0.39 is 11.7 Å². The van der Waals surface area contributed by atoms with Crippen LogP contribution >= 0.6 is 0 Å². The largest absolute Gasteiger partial charge is 0.481 e. The second-order valence-corrected chi connectivity index (χ2v) is 6.16. The van der Waals surface area contributed by atoms with Gasteiger partial charge in [0.25, 0.3) is 11.8 Å². The van der Waals surface area contributed by atoms with Crippen molar-refractivity contribution in [3.8, 4) is 5.75 Å². The summed E-state index contributed by atoms with van der Waals surface area (Å²) in [6.45, 7) is 0.777. The lowest BCUT2D eigenvalue weighted by atomic mass is 10.1. The van der Waals surface area contributed by atoms with E-state index in [0.29, 0.717) is 17.8 Å². The molecule has 7 heteroatoms. The molecule has 1 fully saturated rings. The molecule has 0 unspecified atom stereocenters. The van der Waals surface area contributed by atoms with Crippen LogP contribution < -0.4 is 15.4 Å². The SMILES string of the molecule is O=C(COc1ccccc1F)Nc1ccccc1C(=O)NC[C@@H]1CCCO1. The summed E-state index contributed by atoms with van der Waals surface area (Å²) < 4.78 is 24.2. The number of anilines is 1. The van der Waals surface area contributed by atoms with Crippen molar-refractivity contribution < 1.29 is 23.5 Å². The molecule has 0 aliphatic carbocycles. The molecule has 1 saturated heterocycles. The number of hydrogen-bond donors (Lipinski definition) is 2. The van der Waals surface area contributed by atoms with Crippen LogP contribution in [0.1, 0.15) is 23.2 Å². The monoisotopic (exact) mass is 372 g/mol. The van der Waals surface area contributed by atoms with Gasteiger partial charge in [-0.05, 0) is 37.1 Å². The van der Waals surface area contributed by atoms with Crippen molar-refractivity contribution in [2.75, 3.05) is 25.1 Å². The first-order valence-corrected chi connectivity index (χ1v) is 8.79. The average Bonchev–Trinajstić information content (AvgIpc) is 3.19. The number of nitrogens with one attached hydrogen (secondary N) is 2. The molecule has 2 aromatic rings. The van der Waals surface area contributed by atoms with E-state index in [9.17, 15) is 14.0 Å². The molecule has 27 heavy (non-hydrogen) atoms. The number of rotatable bonds is 7. The number of benzene rings is 2. The molecule has 3 rings (SSSR count). The Balaban J connectivity index is 1.57. The lowest BCUT2D eigenvalue weighted by Gasteiger charge is -2.14. The van der Waals surface area contributed by atoms with Crippen molar-refractivity contribution in [2.24, 2.45) is 0 Å². The second kappa shape index (κ2) is 9.14. The van der Waals surface area contributed by atoms with Crippen LogP contribution in [0.2, 0.25) is 0 Å². The summed E-state index contributed by atoms with van der Waals surface area (Å²) in [7, 11) is 0. The highest BCUT2D eigenvalue weighted by atomic mass is 19.1. The molecule has 2 N–H and O–H groups in total. The van der Waals surface area contributed by atoms with Gasteiger partial charge < -0.3 is 20.1 Å². The smallest absolute Gasteiger partial charge is 0.262 e. The number of carbonyl (C=O) groups is 2. The van der Waals surface area contributed by atoms with Crippen molar-refractivity contribution in [1.82, 2.24) is 5.32 Å². The van der Waals surface area contributed by atoms with Gasteiger partial charge in [0.05, 0.1) is 17.4 Å². The zero-order chi connectivity index (χ0) is 19.1. The minimum Gasteiger partial charge on any atom is -0.481 e. The number of carbonyl (C=O) groups excluding carboxylic acids is 2. The van der Waals surface area contributed by atoms with Crippen LogP contribution in [0.4, 0.5) is 10.1 Å². The first-order chi connectivity index (χ1) is 13.1. The maximum Gasteiger partial charge on any atom is 0.262 e. The predicted molar refractivity (Wildman–Crippen MR) is 98.3 cm³/mol. The molecule has 6 nitrogen and oxygen atoms in total. The Labute approximate surface area is 156 Å². The molecule has 1 heterocycles. The highest BCUT2D eigenvalue weighted by Gasteiger charge is 2.18. The van der Waals surface area contributed by atoms with E-state index in [1.165, 1.54) is 18.2 Å². The first kappa shape index (κ1) is 18.8. The minimum absolute atomic E-state index is 0.00441. The molecule has 1 aliphatic rings. The van der Waals surface area contributed by atoms with Gasteiger partial charge in [0.2, 0.25) is 0 Å². The van der Waals surface area contributed by atoms with Crippen molar-refractivity contribution in [3.05, 3.63) is 59.9 Å². The van der Waals surface area contributed by atoms with Gasteiger partial charge in [-0.1, -0.05) is 24.3 Å². The van der Waals surface area contributed by atoms with Gasteiger partial charge in [-0.3, -0.25) is 9.59 Å². The van der Waals surface area contributed by atoms with Crippen molar-refractivity contribution in [3.63, 3.8) is 0 Å². The summed E-state index contributed by atoms with van der Waals surface area (Å²) in [6.07, 6.45) is 1.95. The Kier molecular flexibility index (Phi) is 6.38. The first-order valence-electron chi connectivity index (χ1n) is 8.79. The van der Waals surface area contributed by atoms with Crippen LogP contribution in [0.25, 0.3) is 0 Å². The van der Waals surface area contributed by atoms with Crippen LogP contribution in [0, 0.1) is 5.82 Å². The number of amides is 2. The summed E-state index contributed by atoms with van der Waals surface area (Å²) in [5.74, 6) is -1.33. The van der Waals surface area contributed by atoms with Gasteiger partial charge in [0, 0.05) is 13.2 Å². The molecule has 1 aliphatic heterocycles. The quantitative estimate of drug-likeness (QED) is 0.784. The van der Waals surface area contributed by atoms with Gasteiger partial charge >= 0.3 is 0 Å². The molecule has 0 radical (unpaired) electrons. The fraction of sp³-hybridized carbons (Fsp3) is 0.300. The summed E-state index contributed by atoms with van der Waals surface area (Å²) in [4.78, 5) is 24.6. The summed E-state index contributed by atoms with van der Waals surface area (Å²) in [5, 5.41) is 5.45. The van der Waals surface area contributed by atoms with Crippen LogP contribution in [0.15, 0.2) is 48.5 Å². The van der Waals surface area contributed by atoms with E-state index in [1.54, 1.807) is 30.3 Å². The summed E-state index contributed by atoms with van der Waals surface area (Å²) in [6, 6.07) is 12.5. The third-order valence-electron chi connectivity index (χ3n) is 4.16. The maximum absolute atomic E-state index is 13.5. The van der Waals surface area contributed by atoms with Gasteiger partial charge in [-0.25, -0.2) is 4.39 Å². The highest BCUT2D eigenvalue weighted by molar-refractivity contribution is 6.04. The van der Waals surface area contributed by atoms with Gasteiger partial charge in [-0.2, -0.15) is 0 Å². The Morgan fingerprint density at radius 1 is 1.15 bits per heavy atom. The van der Waals surface area contributed by atoms with Crippen molar-refractivity contribution >= 4 is 17.5 Å². The van der Waals surface area contributed by atoms with Crippen molar-refractivity contribution in [1.29, 1.82) is 0 Å². The van der Waals surface area contributed by atoms with Gasteiger partial charge in [0.15, 0.2) is 18.2 Å². The van der Waals surface area contributed by atoms with E-state index in [0.717, 1.165) is 19.4 Å². The summed E-state index contributed by atoms with van der Waals surface area (Å²) in [5.41, 5.74) is 0.708.